The number of alkyl halides is 3. The monoisotopic (exact) mass is 417 g/mol. The summed E-state index contributed by atoms with van der Waals surface area (Å²) >= 11 is 7.93. The van der Waals surface area contributed by atoms with Gasteiger partial charge < -0.3 is 5.32 Å². The minimum Gasteiger partial charge on any atom is -0.316 e. The third kappa shape index (κ3) is 3.77. The molecule has 0 aliphatic carbocycles. The zero-order valence-corrected chi connectivity index (χ0v) is 14.9. The molecule has 0 fully saturated rings. The fourth-order valence-electron chi connectivity index (χ4n) is 1.97. The van der Waals surface area contributed by atoms with Crippen LogP contribution >= 0.6 is 34.7 Å². The van der Waals surface area contributed by atoms with Gasteiger partial charge in [0.25, 0.3) is 0 Å². The number of carbonyl (C=O) groups is 1. The molecule has 3 aromatic heterocycles. The maximum absolute atomic E-state index is 12.9. The molecule has 0 saturated heterocycles. The van der Waals surface area contributed by atoms with Crippen LogP contribution in [-0.4, -0.2) is 26.3 Å². The van der Waals surface area contributed by atoms with Crippen molar-refractivity contribution in [2.24, 2.45) is 0 Å². The Hall–Kier alpha value is -2.29. The molecule has 0 bridgehead atoms. The van der Waals surface area contributed by atoms with Gasteiger partial charge in [-0.1, -0.05) is 23.4 Å². The quantitative estimate of drug-likeness (QED) is 0.647. The van der Waals surface area contributed by atoms with Gasteiger partial charge in [0.15, 0.2) is 10.8 Å². The molecule has 1 N–H and O–H groups in total. The van der Waals surface area contributed by atoms with Crippen LogP contribution in [0.3, 0.4) is 0 Å². The van der Waals surface area contributed by atoms with Gasteiger partial charge in [-0.3, -0.25) is 9.20 Å². The number of thiophene rings is 1. The van der Waals surface area contributed by atoms with Gasteiger partial charge in [-0.25, -0.2) is 0 Å². The number of aromatic nitrogens is 3. The van der Waals surface area contributed by atoms with Gasteiger partial charge in [0.1, 0.15) is 11.1 Å². The number of amides is 1. The number of rotatable bonds is 4. The molecule has 3 rings (SSSR count). The van der Waals surface area contributed by atoms with Gasteiger partial charge in [0, 0.05) is 6.20 Å². The number of nitrogens with one attached hydrogen (secondary N) is 1. The highest BCUT2D eigenvalue weighted by molar-refractivity contribution is 7.99. The summed E-state index contributed by atoms with van der Waals surface area (Å²) in [5.74, 6) is -0.555. The number of nitrogens with zero attached hydrogens (tertiary/aromatic N) is 4. The minimum atomic E-state index is -4.58. The molecule has 26 heavy (non-hydrogen) atoms. The lowest BCUT2D eigenvalue weighted by Gasteiger charge is -2.08. The van der Waals surface area contributed by atoms with Crippen molar-refractivity contribution in [3.05, 3.63) is 39.9 Å². The van der Waals surface area contributed by atoms with E-state index in [0.29, 0.717) is 10.6 Å². The summed E-state index contributed by atoms with van der Waals surface area (Å²) in [4.78, 5) is 12.0. The zero-order valence-electron chi connectivity index (χ0n) is 12.5. The number of carbonyl (C=O) groups excluding carboxylic acids is 1. The lowest BCUT2D eigenvalue weighted by Crippen LogP contribution is -2.14. The van der Waals surface area contributed by atoms with E-state index < -0.39 is 17.6 Å². The second-order valence-corrected chi connectivity index (χ2v) is 7.13. The van der Waals surface area contributed by atoms with E-state index in [1.807, 2.05) is 6.07 Å². The van der Waals surface area contributed by atoms with Crippen molar-refractivity contribution in [1.82, 2.24) is 14.6 Å². The van der Waals surface area contributed by atoms with Crippen LogP contribution in [0, 0.1) is 11.3 Å². The molecular weight excluding hydrogens is 411 g/mol. The van der Waals surface area contributed by atoms with Crippen LogP contribution in [0.15, 0.2) is 28.9 Å². The van der Waals surface area contributed by atoms with Gasteiger partial charge in [-0.2, -0.15) is 18.4 Å². The molecule has 0 aliphatic rings. The number of fused-ring (bicyclic) bond motifs is 1. The van der Waals surface area contributed by atoms with Crippen LogP contribution in [0.2, 0.25) is 5.02 Å². The van der Waals surface area contributed by atoms with E-state index in [-0.39, 0.29) is 21.6 Å². The van der Waals surface area contributed by atoms with Crippen LogP contribution in [0.4, 0.5) is 18.2 Å². The first-order valence-electron chi connectivity index (χ1n) is 6.81. The summed E-state index contributed by atoms with van der Waals surface area (Å²) in [5, 5.41) is 21.0. The summed E-state index contributed by atoms with van der Waals surface area (Å²) in [6.07, 6.45) is -3.75. The fourth-order valence-corrected chi connectivity index (χ4v) is 3.68. The Kier molecular flexibility index (Phi) is 5.08. The second-order valence-electron chi connectivity index (χ2n) is 4.86. The maximum atomic E-state index is 12.9. The number of pyridine rings is 1. The average Bonchev–Trinajstić information content (AvgIpc) is 3.18. The number of nitriles is 1. The molecular formula is C14H7ClF3N5OS2. The van der Waals surface area contributed by atoms with E-state index in [1.54, 1.807) is 11.4 Å². The van der Waals surface area contributed by atoms with Gasteiger partial charge >= 0.3 is 6.18 Å². The Labute approximate surface area is 157 Å². The lowest BCUT2D eigenvalue weighted by molar-refractivity contribution is -0.137. The Bertz CT molecular complexity index is 1020. The highest BCUT2D eigenvalue weighted by atomic mass is 35.5. The van der Waals surface area contributed by atoms with Gasteiger partial charge in [0.2, 0.25) is 5.91 Å². The Morgan fingerprint density at radius 1 is 1.46 bits per heavy atom. The molecule has 12 heteroatoms. The predicted molar refractivity (Wildman–Crippen MR) is 91.4 cm³/mol. The highest BCUT2D eigenvalue weighted by Gasteiger charge is 2.32. The molecule has 134 valence electrons. The number of hydrogen-bond acceptors (Lipinski definition) is 6. The number of thioether (sulfide) groups is 1. The predicted octanol–water partition coefficient (Wildman–Crippen LogP) is 4.07. The van der Waals surface area contributed by atoms with E-state index >= 15 is 0 Å². The molecule has 6 nitrogen and oxygen atoms in total. The fraction of sp³-hybridized carbons (Fsp3) is 0.143. The van der Waals surface area contributed by atoms with Gasteiger partial charge in [-0.05, 0) is 17.5 Å². The summed E-state index contributed by atoms with van der Waals surface area (Å²) < 4.78 is 39.9. The Morgan fingerprint density at radius 3 is 2.92 bits per heavy atom. The van der Waals surface area contributed by atoms with Crippen molar-refractivity contribution in [2.45, 2.75) is 11.3 Å². The van der Waals surface area contributed by atoms with Crippen LogP contribution in [0.5, 0.6) is 0 Å². The topological polar surface area (TPSA) is 83.1 Å². The van der Waals surface area contributed by atoms with E-state index in [1.165, 1.54) is 11.3 Å². The zero-order chi connectivity index (χ0) is 18.9. The first-order chi connectivity index (χ1) is 12.3. The van der Waals surface area contributed by atoms with Crippen molar-refractivity contribution in [3.8, 4) is 6.07 Å². The first kappa shape index (κ1) is 18.5. The molecule has 0 aromatic carbocycles. The van der Waals surface area contributed by atoms with Gasteiger partial charge in [0.05, 0.1) is 21.9 Å². The third-order valence-electron chi connectivity index (χ3n) is 3.13. The van der Waals surface area contributed by atoms with Crippen LogP contribution in [0.1, 0.15) is 11.1 Å². The lowest BCUT2D eigenvalue weighted by atomic mass is 10.3. The molecule has 0 unspecified atom stereocenters. The molecule has 3 aromatic rings. The number of anilines is 1. The molecule has 0 spiro atoms. The van der Waals surface area contributed by atoms with Crippen molar-refractivity contribution >= 4 is 51.3 Å². The van der Waals surface area contributed by atoms with E-state index in [9.17, 15) is 18.0 Å². The summed E-state index contributed by atoms with van der Waals surface area (Å²) in [6, 6.07) is 4.28. The van der Waals surface area contributed by atoms with E-state index in [2.05, 4.69) is 15.5 Å². The Morgan fingerprint density at radius 2 is 2.23 bits per heavy atom. The van der Waals surface area contributed by atoms with Crippen molar-refractivity contribution < 1.29 is 18.0 Å². The third-order valence-corrected chi connectivity index (χ3v) is 5.18. The largest absolute Gasteiger partial charge is 0.417 e. The minimum absolute atomic E-state index is 0.0626. The normalized spacial score (nSPS) is 11.5. The molecule has 3 heterocycles. The number of hydrogen-bond donors (Lipinski definition) is 1. The number of halogens is 4. The molecule has 1 amide bonds. The summed E-state index contributed by atoms with van der Waals surface area (Å²) in [5.41, 5.74) is -0.547. The van der Waals surface area contributed by atoms with Crippen molar-refractivity contribution in [2.75, 3.05) is 11.1 Å². The average molecular weight is 418 g/mol. The molecule has 0 aliphatic heterocycles. The SMILES string of the molecule is N#Cc1ccsc1NC(=O)CSc1nnc2c(Cl)cc(C(F)(F)F)cn12. The second kappa shape index (κ2) is 7.14. The smallest absolute Gasteiger partial charge is 0.316 e. The van der Waals surface area contributed by atoms with Crippen molar-refractivity contribution in [3.63, 3.8) is 0 Å². The molecule has 0 saturated carbocycles. The van der Waals surface area contributed by atoms with Crippen molar-refractivity contribution in [1.29, 1.82) is 5.26 Å². The molecule has 0 radical (unpaired) electrons. The summed E-state index contributed by atoms with van der Waals surface area (Å²) in [6.45, 7) is 0. The first-order valence-corrected chi connectivity index (χ1v) is 9.05. The van der Waals surface area contributed by atoms with Crippen LogP contribution in [0.25, 0.3) is 5.65 Å². The molecule has 0 atom stereocenters. The highest BCUT2D eigenvalue weighted by Crippen LogP contribution is 2.33. The standard InChI is InChI=1S/C14H7ClF3N5OS2/c15-9-3-8(14(16,17)18)5-23-11(9)21-22-13(23)26-6-10(24)20-12-7(4-19)1-2-25-12/h1-3,5H,6H2,(H,20,24). The van der Waals surface area contributed by atoms with Crippen LogP contribution in [-0.2, 0) is 11.0 Å². The van der Waals surface area contributed by atoms with E-state index in [4.69, 9.17) is 16.9 Å². The van der Waals surface area contributed by atoms with Crippen LogP contribution < -0.4 is 5.32 Å². The van der Waals surface area contributed by atoms with E-state index in [0.717, 1.165) is 28.4 Å². The maximum Gasteiger partial charge on any atom is 0.417 e. The Balaban J connectivity index is 1.78. The summed E-state index contributed by atoms with van der Waals surface area (Å²) in [7, 11) is 0. The van der Waals surface area contributed by atoms with Gasteiger partial charge in [-0.15, -0.1) is 21.5 Å².